The summed E-state index contributed by atoms with van der Waals surface area (Å²) in [5.41, 5.74) is 1.20. The third-order valence-electron chi connectivity index (χ3n) is 1.98. The van der Waals surface area contributed by atoms with Crippen LogP contribution in [0.5, 0.6) is 5.75 Å². The lowest BCUT2D eigenvalue weighted by Gasteiger charge is -2.23. The molecule has 1 aromatic carbocycles. The molecular formula is C11H18NO+. The van der Waals surface area contributed by atoms with Gasteiger partial charge < -0.3 is 9.59 Å². The fourth-order valence-corrected chi connectivity index (χ4v) is 1.18. The van der Waals surface area contributed by atoms with E-state index in [0.29, 0.717) is 5.75 Å². The smallest absolute Gasteiger partial charge is 0.115 e. The molecule has 1 rings (SSSR count). The van der Waals surface area contributed by atoms with Crippen LogP contribution in [0.2, 0.25) is 0 Å². The first-order valence-electron chi connectivity index (χ1n) is 4.56. The van der Waals surface area contributed by atoms with Gasteiger partial charge in [-0.2, -0.15) is 0 Å². The first-order valence-corrected chi connectivity index (χ1v) is 4.56. The molecule has 0 bridgehead atoms. The van der Waals surface area contributed by atoms with Crippen molar-refractivity contribution in [2.24, 2.45) is 0 Å². The van der Waals surface area contributed by atoms with Gasteiger partial charge in [0, 0.05) is 6.42 Å². The maximum absolute atomic E-state index is 9.24. The Morgan fingerprint density at radius 3 is 2.46 bits per heavy atom. The number of benzene rings is 1. The third kappa shape index (κ3) is 3.95. The zero-order valence-corrected chi connectivity index (χ0v) is 8.62. The Morgan fingerprint density at radius 2 is 1.92 bits per heavy atom. The Bertz CT molecular complexity index is 276. The fourth-order valence-electron chi connectivity index (χ4n) is 1.18. The van der Waals surface area contributed by atoms with Gasteiger partial charge in [-0.05, 0) is 17.7 Å². The summed E-state index contributed by atoms with van der Waals surface area (Å²) in [7, 11) is 6.51. The van der Waals surface area contributed by atoms with Crippen LogP contribution in [0.4, 0.5) is 0 Å². The quantitative estimate of drug-likeness (QED) is 0.701. The van der Waals surface area contributed by atoms with Crippen LogP contribution in [0, 0.1) is 0 Å². The number of phenols is 1. The predicted molar refractivity (Wildman–Crippen MR) is 54.7 cm³/mol. The van der Waals surface area contributed by atoms with Crippen LogP contribution in [0.25, 0.3) is 0 Å². The summed E-state index contributed by atoms with van der Waals surface area (Å²) < 4.78 is 0.954. The van der Waals surface area contributed by atoms with Crippen molar-refractivity contribution in [1.82, 2.24) is 0 Å². The Kier molecular flexibility index (Phi) is 2.94. The van der Waals surface area contributed by atoms with Gasteiger partial charge in [0.1, 0.15) is 5.75 Å². The van der Waals surface area contributed by atoms with Gasteiger partial charge >= 0.3 is 0 Å². The molecule has 0 aromatic heterocycles. The summed E-state index contributed by atoms with van der Waals surface area (Å²) in [4.78, 5) is 0. The molecule has 0 saturated heterocycles. The van der Waals surface area contributed by atoms with E-state index in [0.717, 1.165) is 17.4 Å². The molecular weight excluding hydrogens is 162 g/mol. The number of hydrogen-bond donors (Lipinski definition) is 1. The van der Waals surface area contributed by atoms with E-state index in [1.54, 1.807) is 6.07 Å². The Morgan fingerprint density at radius 1 is 1.23 bits per heavy atom. The van der Waals surface area contributed by atoms with Crippen molar-refractivity contribution < 1.29 is 9.59 Å². The summed E-state index contributed by atoms with van der Waals surface area (Å²) in [6.07, 6.45) is 1.01. The van der Waals surface area contributed by atoms with Gasteiger partial charge in [-0.3, -0.25) is 0 Å². The predicted octanol–water partition coefficient (Wildman–Crippen LogP) is 1.64. The van der Waals surface area contributed by atoms with Crippen LogP contribution >= 0.6 is 0 Å². The summed E-state index contributed by atoms with van der Waals surface area (Å²) in [6.45, 7) is 1.09. The molecule has 72 valence electrons. The van der Waals surface area contributed by atoms with Gasteiger partial charge in [0.2, 0.25) is 0 Å². The van der Waals surface area contributed by atoms with E-state index in [-0.39, 0.29) is 0 Å². The highest BCUT2D eigenvalue weighted by Gasteiger charge is 2.06. The molecule has 0 heterocycles. The molecule has 2 nitrogen and oxygen atoms in total. The summed E-state index contributed by atoms with van der Waals surface area (Å²) >= 11 is 0. The van der Waals surface area contributed by atoms with E-state index < -0.39 is 0 Å². The minimum atomic E-state index is 0.360. The SMILES string of the molecule is C[N+](C)(C)CCc1cccc(O)c1. The number of nitrogens with zero attached hydrogens (tertiary/aromatic N) is 1. The third-order valence-corrected chi connectivity index (χ3v) is 1.98. The van der Waals surface area contributed by atoms with Gasteiger partial charge in [-0.15, -0.1) is 0 Å². The molecule has 0 fully saturated rings. The van der Waals surface area contributed by atoms with Gasteiger partial charge in [0.05, 0.1) is 27.7 Å². The topological polar surface area (TPSA) is 20.2 Å². The molecule has 13 heavy (non-hydrogen) atoms. The highest BCUT2D eigenvalue weighted by atomic mass is 16.3. The van der Waals surface area contributed by atoms with Crippen molar-refractivity contribution in [3.63, 3.8) is 0 Å². The van der Waals surface area contributed by atoms with Crippen molar-refractivity contribution in [2.45, 2.75) is 6.42 Å². The number of aromatic hydroxyl groups is 1. The van der Waals surface area contributed by atoms with Crippen molar-refractivity contribution in [3.8, 4) is 5.75 Å². The van der Waals surface area contributed by atoms with E-state index >= 15 is 0 Å². The summed E-state index contributed by atoms with van der Waals surface area (Å²) in [5.74, 6) is 0.360. The lowest BCUT2D eigenvalue weighted by Crippen LogP contribution is -2.36. The first kappa shape index (κ1) is 10.1. The summed E-state index contributed by atoms with van der Waals surface area (Å²) in [5, 5.41) is 9.24. The summed E-state index contributed by atoms with van der Waals surface area (Å²) in [6, 6.07) is 7.47. The second kappa shape index (κ2) is 3.79. The number of rotatable bonds is 3. The molecule has 0 unspecified atom stereocenters. The molecule has 2 heteroatoms. The van der Waals surface area contributed by atoms with Crippen LogP contribution in [-0.2, 0) is 6.42 Å². The second-order valence-corrected chi connectivity index (χ2v) is 4.43. The number of quaternary nitrogens is 1. The van der Waals surface area contributed by atoms with Crippen LogP contribution in [0.1, 0.15) is 5.56 Å². The highest BCUT2D eigenvalue weighted by molar-refractivity contribution is 5.27. The zero-order valence-electron chi connectivity index (χ0n) is 8.62. The Balaban J connectivity index is 2.55. The van der Waals surface area contributed by atoms with Crippen molar-refractivity contribution in [1.29, 1.82) is 0 Å². The van der Waals surface area contributed by atoms with Crippen molar-refractivity contribution in [2.75, 3.05) is 27.7 Å². The van der Waals surface area contributed by atoms with Gasteiger partial charge in [0.15, 0.2) is 0 Å². The van der Waals surface area contributed by atoms with Gasteiger partial charge in [0.25, 0.3) is 0 Å². The molecule has 0 aliphatic carbocycles. The molecule has 0 aliphatic heterocycles. The lowest BCUT2D eigenvalue weighted by atomic mass is 10.1. The Hall–Kier alpha value is -1.02. The van der Waals surface area contributed by atoms with Crippen LogP contribution in [0.15, 0.2) is 24.3 Å². The van der Waals surface area contributed by atoms with Gasteiger partial charge in [-0.1, -0.05) is 12.1 Å². The van der Waals surface area contributed by atoms with E-state index in [9.17, 15) is 5.11 Å². The van der Waals surface area contributed by atoms with E-state index in [1.165, 1.54) is 5.56 Å². The monoisotopic (exact) mass is 180 g/mol. The van der Waals surface area contributed by atoms with Crippen molar-refractivity contribution >= 4 is 0 Å². The molecule has 0 atom stereocenters. The van der Waals surface area contributed by atoms with E-state index in [2.05, 4.69) is 27.2 Å². The van der Waals surface area contributed by atoms with Crippen LogP contribution in [-0.4, -0.2) is 37.3 Å². The maximum Gasteiger partial charge on any atom is 0.115 e. The van der Waals surface area contributed by atoms with Crippen molar-refractivity contribution in [3.05, 3.63) is 29.8 Å². The standard InChI is InChI=1S/C11H17NO/c1-12(2,3)8-7-10-5-4-6-11(13)9-10/h4-6,9H,7-8H2,1-3H3/p+1. The van der Waals surface area contributed by atoms with Gasteiger partial charge in [-0.25, -0.2) is 0 Å². The maximum atomic E-state index is 9.24. The van der Waals surface area contributed by atoms with E-state index in [1.807, 2.05) is 12.1 Å². The molecule has 0 amide bonds. The highest BCUT2D eigenvalue weighted by Crippen LogP contribution is 2.11. The molecule has 1 aromatic rings. The number of likely N-dealkylation sites (N-methyl/N-ethyl adjacent to an activating group) is 1. The number of hydrogen-bond acceptors (Lipinski definition) is 1. The number of phenolic OH excluding ortho intramolecular Hbond substituents is 1. The molecule has 0 saturated carbocycles. The molecule has 1 N–H and O–H groups in total. The fraction of sp³-hybridized carbons (Fsp3) is 0.455. The lowest BCUT2D eigenvalue weighted by molar-refractivity contribution is -0.870. The van der Waals surface area contributed by atoms with Crippen LogP contribution < -0.4 is 0 Å². The normalized spacial score (nSPS) is 11.6. The Labute approximate surface area is 80.0 Å². The average molecular weight is 180 g/mol. The first-order chi connectivity index (χ1) is 5.97. The zero-order chi connectivity index (χ0) is 9.90. The molecule has 0 radical (unpaired) electrons. The average Bonchev–Trinajstić information content (AvgIpc) is 2.00. The van der Waals surface area contributed by atoms with Crippen LogP contribution in [0.3, 0.4) is 0 Å². The largest absolute Gasteiger partial charge is 0.508 e. The molecule has 0 aliphatic rings. The minimum absolute atomic E-state index is 0.360. The minimum Gasteiger partial charge on any atom is -0.508 e. The second-order valence-electron chi connectivity index (χ2n) is 4.43. The van der Waals surface area contributed by atoms with E-state index in [4.69, 9.17) is 0 Å². The molecule has 0 spiro atoms.